The number of hydrogen-bond donors (Lipinski definition) is 2. The number of aliphatic hydroxyl groups excluding tert-OH is 1. The molecule has 2 atom stereocenters. The average Bonchev–Trinajstić information content (AvgIpc) is 3.30. The van der Waals surface area contributed by atoms with Crippen LogP contribution in [0.5, 0.6) is 0 Å². The lowest BCUT2D eigenvalue weighted by Gasteiger charge is -2.36. The Bertz CT molecular complexity index is 711. The molecule has 25 heavy (non-hydrogen) atoms. The van der Waals surface area contributed by atoms with Crippen molar-refractivity contribution >= 4 is 6.03 Å². The number of amides is 2. The minimum absolute atomic E-state index is 0.00447. The van der Waals surface area contributed by atoms with E-state index in [4.69, 9.17) is 0 Å². The van der Waals surface area contributed by atoms with E-state index < -0.39 is 5.54 Å². The van der Waals surface area contributed by atoms with Gasteiger partial charge in [0.25, 0.3) is 0 Å². The van der Waals surface area contributed by atoms with Crippen LogP contribution < -0.4 is 5.32 Å². The molecule has 1 aliphatic heterocycles. The summed E-state index contributed by atoms with van der Waals surface area (Å²) in [4.78, 5) is 14.5. The Balaban J connectivity index is 1.69. The van der Waals surface area contributed by atoms with Crippen molar-refractivity contribution in [1.82, 2.24) is 25.2 Å². The fourth-order valence-electron chi connectivity index (χ4n) is 3.42. The summed E-state index contributed by atoms with van der Waals surface area (Å²) in [6.45, 7) is 4.57. The number of nitrogens with one attached hydrogen (secondary N) is 1. The molecule has 7 heteroatoms. The lowest BCUT2D eigenvalue weighted by Crippen LogP contribution is -2.53. The van der Waals surface area contributed by atoms with Crippen LogP contribution in [0.2, 0.25) is 0 Å². The van der Waals surface area contributed by atoms with E-state index in [0.29, 0.717) is 12.2 Å². The Kier molecular flexibility index (Phi) is 5.03. The molecule has 1 aliphatic rings. The summed E-state index contributed by atoms with van der Waals surface area (Å²) in [5.41, 5.74) is 1.18. The topological polar surface area (TPSA) is 83.3 Å². The van der Waals surface area contributed by atoms with Gasteiger partial charge >= 0.3 is 6.03 Å². The number of aromatic nitrogens is 3. The normalized spacial score (nSPS) is 21.3. The lowest BCUT2D eigenvalue weighted by atomic mass is 9.94. The molecule has 7 nitrogen and oxygen atoms in total. The highest BCUT2D eigenvalue weighted by Gasteiger charge is 2.42. The molecule has 2 unspecified atom stereocenters. The van der Waals surface area contributed by atoms with Crippen LogP contribution in [-0.4, -0.2) is 49.7 Å². The number of benzene rings is 1. The molecule has 2 aromatic rings. The summed E-state index contributed by atoms with van der Waals surface area (Å²) in [5.74, 6) is 0. The van der Waals surface area contributed by atoms with Crippen molar-refractivity contribution < 1.29 is 9.90 Å². The minimum Gasteiger partial charge on any atom is -0.394 e. The second-order valence-electron chi connectivity index (χ2n) is 6.59. The van der Waals surface area contributed by atoms with Gasteiger partial charge in [0.05, 0.1) is 30.1 Å². The molecule has 2 amide bonds. The smallest absolute Gasteiger partial charge is 0.318 e. The van der Waals surface area contributed by atoms with Gasteiger partial charge in [0, 0.05) is 6.54 Å². The van der Waals surface area contributed by atoms with Crippen molar-refractivity contribution in [2.75, 3.05) is 13.2 Å². The van der Waals surface area contributed by atoms with Gasteiger partial charge in [-0.15, -0.1) is 5.10 Å². The Morgan fingerprint density at radius 2 is 2.16 bits per heavy atom. The standard InChI is InChI=1S/C18H25N5O2/c1-3-18(13-24)10-7-11-22(18)17(25)19-14(2)16-12-23(21-20-16)15-8-5-4-6-9-15/h4-6,8-9,12,14,24H,3,7,10-11,13H2,1-2H3,(H,19,25). The van der Waals surface area contributed by atoms with Gasteiger partial charge in [-0.1, -0.05) is 30.3 Å². The highest BCUT2D eigenvalue weighted by atomic mass is 16.3. The molecule has 2 N–H and O–H groups in total. The van der Waals surface area contributed by atoms with Gasteiger partial charge in [-0.05, 0) is 38.3 Å². The molecule has 2 heterocycles. The Hall–Kier alpha value is -2.41. The summed E-state index contributed by atoms with van der Waals surface area (Å²) in [6.07, 6.45) is 4.32. The molecule has 1 aromatic carbocycles. The van der Waals surface area contributed by atoms with E-state index in [-0.39, 0.29) is 18.7 Å². The zero-order valence-electron chi connectivity index (χ0n) is 14.7. The van der Waals surface area contributed by atoms with Gasteiger partial charge in [0.2, 0.25) is 0 Å². The van der Waals surface area contributed by atoms with Crippen molar-refractivity contribution in [2.24, 2.45) is 0 Å². The van der Waals surface area contributed by atoms with E-state index in [1.807, 2.05) is 50.4 Å². The zero-order valence-corrected chi connectivity index (χ0v) is 14.7. The summed E-state index contributed by atoms with van der Waals surface area (Å²) in [6, 6.07) is 9.30. The first-order valence-electron chi connectivity index (χ1n) is 8.76. The number of urea groups is 1. The van der Waals surface area contributed by atoms with Gasteiger partial charge in [-0.3, -0.25) is 0 Å². The molecular weight excluding hydrogens is 318 g/mol. The number of carbonyl (C=O) groups is 1. The van der Waals surface area contributed by atoms with Crippen molar-refractivity contribution in [3.8, 4) is 5.69 Å². The molecule has 1 aromatic heterocycles. The monoisotopic (exact) mass is 343 g/mol. The molecule has 0 spiro atoms. The van der Waals surface area contributed by atoms with E-state index in [9.17, 15) is 9.90 Å². The van der Waals surface area contributed by atoms with Crippen LogP contribution in [0, 0.1) is 0 Å². The molecule has 0 saturated carbocycles. The molecule has 1 fully saturated rings. The van der Waals surface area contributed by atoms with Gasteiger partial charge in [-0.25, -0.2) is 9.48 Å². The maximum atomic E-state index is 12.7. The number of rotatable bonds is 5. The molecule has 0 aliphatic carbocycles. The van der Waals surface area contributed by atoms with Crippen LogP contribution >= 0.6 is 0 Å². The van der Waals surface area contributed by atoms with Crippen LogP contribution in [-0.2, 0) is 0 Å². The first kappa shape index (κ1) is 17.4. The number of nitrogens with zero attached hydrogens (tertiary/aromatic N) is 4. The second kappa shape index (κ2) is 7.23. The average molecular weight is 343 g/mol. The molecule has 0 radical (unpaired) electrons. The first-order chi connectivity index (χ1) is 12.1. The fraction of sp³-hybridized carbons (Fsp3) is 0.500. The Morgan fingerprint density at radius 3 is 2.84 bits per heavy atom. The van der Waals surface area contributed by atoms with E-state index in [0.717, 1.165) is 24.9 Å². The molecule has 0 bridgehead atoms. The number of likely N-dealkylation sites (tertiary alicyclic amines) is 1. The van der Waals surface area contributed by atoms with E-state index in [1.165, 1.54) is 0 Å². The number of carbonyl (C=O) groups excluding carboxylic acids is 1. The van der Waals surface area contributed by atoms with E-state index >= 15 is 0 Å². The third-order valence-electron chi connectivity index (χ3n) is 5.11. The number of aliphatic hydroxyl groups is 1. The summed E-state index contributed by atoms with van der Waals surface area (Å²) < 4.78 is 1.69. The van der Waals surface area contributed by atoms with Crippen LogP contribution in [0.15, 0.2) is 36.5 Å². The molecular formula is C18H25N5O2. The van der Waals surface area contributed by atoms with Crippen molar-refractivity contribution in [2.45, 2.75) is 44.7 Å². The lowest BCUT2D eigenvalue weighted by molar-refractivity contribution is 0.0799. The molecule has 1 saturated heterocycles. The van der Waals surface area contributed by atoms with Crippen LogP contribution in [0.25, 0.3) is 5.69 Å². The maximum absolute atomic E-state index is 12.7. The SMILES string of the molecule is CCC1(CO)CCCN1C(=O)NC(C)c1cn(-c2ccccc2)nn1. The highest BCUT2D eigenvalue weighted by Crippen LogP contribution is 2.32. The van der Waals surface area contributed by atoms with Gasteiger partial charge < -0.3 is 15.3 Å². The predicted molar refractivity (Wildman–Crippen MR) is 94.4 cm³/mol. The molecule has 134 valence electrons. The number of hydrogen-bond acceptors (Lipinski definition) is 4. The largest absolute Gasteiger partial charge is 0.394 e. The van der Waals surface area contributed by atoms with E-state index in [2.05, 4.69) is 15.6 Å². The van der Waals surface area contributed by atoms with Gasteiger partial charge in [-0.2, -0.15) is 0 Å². The fourth-order valence-corrected chi connectivity index (χ4v) is 3.42. The predicted octanol–water partition coefficient (Wildman–Crippen LogP) is 2.27. The maximum Gasteiger partial charge on any atom is 0.318 e. The first-order valence-corrected chi connectivity index (χ1v) is 8.76. The third kappa shape index (κ3) is 3.37. The van der Waals surface area contributed by atoms with Crippen molar-refractivity contribution in [3.05, 3.63) is 42.2 Å². The summed E-state index contributed by atoms with van der Waals surface area (Å²) in [7, 11) is 0. The minimum atomic E-state index is -0.439. The van der Waals surface area contributed by atoms with Crippen molar-refractivity contribution in [1.29, 1.82) is 0 Å². The van der Waals surface area contributed by atoms with E-state index in [1.54, 1.807) is 9.58 Å². The van der Waals surface area contributed by atoms with Crippen LogP contribution in [0.3, 0.4) is 0 Å². The Morgan fingerprint density at radius 1 is 1.40 bits per heavy atom. The quantitative estimate of drug-likeness (QED) is 0.872. The zero-order chi connectivity index (χ0) is 17.9. The van der Waals surface area contributed by atoms with Crippen LogP contribution in [0.4, 0.5) is 4.79 Å². The summed E-state index contributed by atoms with van der Waals surface area (Å²) >= 11 is 0. The molecule has 3 rings (SSSR count). The number of para-hydroxylation sites is 1. The Labute approximate surface area is 147 Å². The summed E-state index contributed by atoms with van der Waals surface area (Å²) in [5, 5.41) is 21.1. The van der Waals surface area contributed by atoms with Crippen molar-refractivity contribution in [3.63, 3.8) is 0 Å². The van der Waals surface area contributed by atoms with Crippen LogP contribution in [0.1, 0.15) is 44.8 Å². The third-order valence-corrected chi connectivity index (χ3v) is 5.11. The second-order valence-corrected chi connectivity index (χ2v) is 6.59. The van der Waals surface area contributed by atoms with Gasteiger partial charge in [0.15, 0.2) is 0 Å². The highest BCUT2D eigenvalue weighted by molar-refractivity contribution is 5.76. The van der Waals surface area contributed by atoms with Gasteiger partial charge in [0.1, 0.15) is 5.69 Å².